The SMILES string of the molecule is Cc1cc(Cl)cc(Cn2ccc(=O)[nH]c2=O)c1OC(C)CN. The summed E-state index contributed by atoms with van der Waals surface area (Å²) < 4.78 is 7.23. The fraction of sp³-hybridized carbons (Fsp3) is 0.333. The second-order valence-corrected chi connectivity index (χ2v) is 5.55. The van der Waals surface area contributed by atoms with Crippen molar-refractivity contribution >= 4 is 11.6 Å². The Morgan fingerprint density at radius 2 is 2.14 bits per heavy atom. The maximum Gasteiger partial charge on any atom is 0.328 e. The summed E-state index contributed by atoms with van der Waals surface area (Å²) in [5.41, 5.74) is 6.29. The summed E-state index contributed by atoms with van der Waals surface area (Å²) in [6.07, 6.45) is 1.28. The van der Waals surface area contributed by atoms with Gasteiger partial charge in [-0.3, -0.25) is 14.3 Å². The first-order chi connectivity index (χ1) is 10.4. The molecule has 3 N–H and O–H groups in total. The van der Waals surface area contributed by atoms with Gasteiger partial charge in [0.15, 0.2) is 0 Å². The molecule has 0 saturated carbocycles. The van der Waals surface area contributed by atoms with Crippen molar-refractivity contribution in [2.75, 3.05) is 6.54 Å². The van der Waals surface area contributed by atoms with E-state index in [0.717, 1.165) is 11.1 Å². The zero-order valence-electron chi connectivity index (χ0n) is 12.4. The van der Waals surface area contributed by atoms with Crippen LogP contribution in [0.25, 0.3) is 0 Å². The Kier molecular flexibility index (Phi) is 5.05. The van der Waals surface area contributed by atoms with Crippen LogP contribution >= 0.6 is 11.6 Å². The van der Waals surface area contributed by atoms with Crippen LogP contribution in [0.4, 0.5) is 0 Å². The lowest BCUT2D eigenvalue weighted by Gasteiger charge is -2.19. The number of nitrogens with two attached hydrogens (primary N) is 1. The third kappa shape index (κ3) is 3.78. The fourth-order valence-corrected chi connectivity index (χ4v) is 2.38. The second kappa shape index (κ2) is 6.81. The Morgan fingerprint density at radius 3 is 2.77 bits per heavy atom. The van der Waals surface area contributed by atoms with Crippen LogP contribution < -0.4 is 21.7 Å². The number of nitrogens with one attached hydrogen (secondary N) is 1. The molecule has 22 heavy (non-hydrogen) atoms. The molecule has 2 rings (SSSR count). The minimum Gasteiger partial charge on any atom is -0.489 e. The quantitative estimate of drug-likeness (QED) is 0.867. The summed E-state index contributed by atoms with van der Waals surface area (Å²) in [5.74, 6) is 0.653. The highest BCUT2D eigenvalue weighted by Crippen LogP contribution is 2.29. The Balaban J connectivity index is 2.44. The molecule has 0 radical (unpaired) electrons. The second-order valence-electron chi connectivity index (χ2n) is 5.11. The molecule has 6 nitrogen and oxygen atoms in total. The fourth-order valence-electron chi connectivity index (χ4n) is 2.09. The van der Waals surface area contributed by atoms with Gasteiger partial charge in [0, 0.05) is 29.4 Å². The summed E-state index contributed by atoms with van der Waals surface area (Å²) in [7, 11) is 0. The number of benzene rings is 1. The van der Waals surface area contributed by atoms with Gasteiger partial charge in [-0.2, -0.15) is 0 Å². The number of ether oxygens (including phenoxy) is 1. The molecule has 0 saturated heterocycles. The predicted octanol–water partition coefficient (Wildman–Crippen LogP) is 1.27. The average molecular weight is 324 g/mol. The minimum atomic E-state index is -0.483. The van der Waals surface area contributed by atoms with Crippen LogP contribution in [0.5, 0.6) is 5.75 Å². The zero-order valence-corrected chi connectivity index (χ0v) is 13.2. The van der Waals surface area contributed by atoms with Gasteiger partial charge in [0.05, 0.1) is 6.54 Å². The molecular weight excluding hydrogens is 306 g/mol. The van der Waals surface area contributed by atoms with E-state index >= 15 is 0 Å². The molecule has 2 aromatic rings. The van der Waals surface area contributed by atoms with Crippen molar-refractivity contribution in [2.24, 2.45) is 5.73 Å². The number of nitrogens with zero attached hydrogens (tertiary/aromatic N) is 1. The van der Waals surface area contributed by atoms with Gasteiger partial charge < -0.3 is 10.5 Å². The van der Waals surface area contributed by atoms with E-state index in [2.05, 4.69) is 4.98 Å². The molecule has 0 aliphatic carbocycles. The topological polar surface area (TPSA) is 90.1 Å². The van der Waals surface area contributed by atoms with E-state index in [1.165, 1.54) is 16.8 Å². The Morgan fingerprint density at radius 1 is 1.41 bits per heavy atom. The van der Waals surface area contributed by atoms with Crippen LogP contribution in [0, 0.1) is 6.92 Å². The first kappa shape index (κ1) is 16.3. The molecule has 7 heteroatoms. The number of rotatable bonds is 5. The maximum absolute atomic E-state index is 11.8. The van der Waals surface area contributed by atoms with Gasteiger partial charge in [-0.15, -0.1) is 0 Å². The largest absolute Gasteiger partial charge is 0.489 e. The lowest BCUT2D eigenvalue weighted by Crippen LogP contribution is -2.29. The van der Waals surface area contributed by atoms with Gasteiger partial charge in [0.1, 0.15) is 11.9 Å². The Labute approximate surface area is 132 Å². The van der Waals surface area contributed by atoms with E-state index in [1.54, 1.807) is 12.1 Å². The molecule has 1 atom stereocenters. The predicted molar refractivity (Wildman–Crippen MR) is 85.8 cm³/mol. The van der Waals surface area contributed by atoms with Crippen molar-refractivity contribution in [1.29, 1.82) is 0 Å². The summed E-state index contributed by atoms with van der Waals surface area (Å²) in [4.78, 5) is 25.2. The third-order valence-electron chi connectivity index (χ3n) is 3.20. The Hall–Kier alpha value is -2.05. The third-order valence-corrected chi connectivity index (χ3v) is 3.42. The number of H-pyrrole nitrogens is 1. The first-order valence-corrected chi connectivity index (χ1v) is 7.24. The molecule has 0 aliphatic heterocycles. The van der Waals surface area contributed by atoms with Crippen LogP contribution in [0.1, 0.15) is 18.1 Å². The van der Waals surface area contributed by atoms with Crippen LogP contribution in [-0.4, -0.2) is 22.2 Å². The maximum atomic E-state index is 11.8. The van der Waals surface area contributed by atoms with Crippen molar-refractivity contribution < 1.29 is 4.74 Å². The van der Waals surface area contributed by atoms with Gasteiger partial charge in [-0.25, -0.2) is 4.79 Å². The molecule has 118 valence electrons. The van der Waals surface area contributed by atoms with E-state index in [-0.39, 0.29) is 12.6 Å². The molecule has 1 unspecified atom stereocenters. The zero-order chi connectivity index (χ0) is 16.3. The highest BCUT2D eigenvalue weighted by Gasteiger charge is 2.13. The normalized spacial score (nSPS) is 12.2. The van der Waals surface area contributed by atoms with Gasteiger partial charge in [0.25, 0.3) is 5.56 Å². The Bertz CT molecular complexity index is 782. The molecule has 0 bridgehead atoms. The summed E-state index contributed by atoms with van der Waals surface area (Å²) in [6, 6.07) is 4.83. The standard InChI is InChI=1S/C15H18ClN3O3/c1-9-5-12(16)6-11(14(9)22-10(2)7-17)8-19-4-3-13(20)18-15(19)21/h3-6,10H,7-8,17H2,1-2H3,(H,18,20,21). The van der Waals surface area contributed by atoms with Gasteiger partial charge in [-0.05, 0) is 31.5 Å². The first-order valence-electron chi connectivity index (χ1n) is 6.86. The summed E-state index contributed by atoms with van der Waals surface area (Å²) in [6.45, 7) is 4.36. The van der Waals surface area contributed by atoms with Gasteiger partial charge in [0.2, 0.25) is 0 Å². The summed E-state index contributed by atoms with van der Waals surface area (Å²) >= 11 is 6.10. The van der Waals surface area contributed by atoms with Crippen molar-refractivity contribution in [2.45, 2.75) is 26.5 Å². The molecule has 0 amide bonds. The number of aromatic nitrogens is 2. The van der Waals surface area contributed by atoms with Gasteiger partial charge >= 0.3 is 5.69 Å². The van der Waals surface area contributed by atoms with Crippen molar-refractivity contribution in [1.82, 2.24) is 9.55 Å². The molecule has 1 heterocycles. The van der Waals surface area contributed by atoms with Crippen LogP contribution in [-0.2, 0) is 6.54 Å². The van der Waals surface area contributed by atoms with Crippen molar-refractivity contribution in [3.8, 4) is 5.75 Å². The van der Waals surface area contributed by atoms with Gasteiger partial charge in [-0.1, -0.05) is 11.6 Å². The highest BCUT2D eigenvalue weighted by molar-refractivity contribution is 6.30. The van der Waals surface area contributed by atoms with E-state index in [4.69, 9.17) is 22.1 Å². The summed E-state index contributed by atoms with van der Waals surface area (Å²) in [5, 5.41) is 0.553. The molecule has 0 fully saturated rings. The van der Waals surface area contributed by atoms with Crippen molar-refractivity contribution in [3.05, 3.63) is 61.4 Å². The van der Waals surface area contributed by atoms with E-state index < -0.39 is 11.2 Å². The highest BCUT2D eigenvalue weighted by atomic mass is 35.5. The lowest BCUT2D eigenvalue weighted by molar-refractivity contribution is 0.225. The van der Waals surface area contributed by atoms with E-state index in [0.29, 0.717) is 17.3 Å². The number of hydrogen-bond acceptors (Lipinski definition) is 4. The molecular formula is C15H18ClN3O3. The number of aryl methyl sites for hydroxylation is 1. The van der Waals surface area contributed by atoms with E-state index in [9.17, 15) is 9.59 Å². The average Bonchev–Trinajstić information content (AvgIpc) is 2.45. The molecule has 1 aromatic carbocycles. The molecule has 1 aromatic heterocycles. The molecule has 0 spiro atoms. The van der Waals surface area contributed by atoms with Crippen LogP contribution in [0.3, 0.4) is 0 Å². The number of halogens is 1. The van der Waals surface area contributed by atoms with Crippen molar-refractivity contribution in [3.63, 3.8) is 0 Å². The molecule has 0 aliphatic rings. The van der Waals surface area contributed by atoms with E-state index in [1.807, 2.05) is 13.8 Å². The lowest BCUT2D eigenvalue weighted by atomic mass is 10.1. The number of aromatic amines is 1. The smallest absolute Gasteiger partial charge is 0.328 e. The monoisotopic (exact) mass is 323 g/mol. The van der Waals surface area contributed by atoms with Crippen LogP contribution in [0.15, 0.2) is 34.0 Å². The minimum absolute atomic E-state index is 0.161. The number of hydrogen-bond donors (Lipinski definition) is 2. The van der Waals surface area contributed by atoms with Crippen LogP contribution in [0.2, 0.25) is 5.02 Å².